The zero-order chi connectivity index (χ0) is 16.1. The number of nitrogens with one attached hydrogen (secondary N) is 1. The van der Waals surface area contributed by atoms with E-state index in [9.17, 15) is 4.79 Å². The predicted octanol–water partition coefficient (Wildman–Crippen LogP) is 3.95. The van der Waals surface area contributed by atoms with E-state index in [1.54, 1.807) is 17.8 Å². The summed E-state index contributed by atoms with van der Waals surface area (Å²) in [5.74, 6) is 1.16. The number of benzene rings is 1. The minimum Gasteiger partial charge on any atom is -0.355 e. The normalized spacial score (nSPS) is 10.7. The molecule has 2 aromatic heterocycles. The van der Waals surface area contributed by atoms with Crippen LogP contribution in [0.2, 0.25) is 0 Å². The molecule has 0 saturated carbocycles. The molecular weight excluding hydrogens is 332 g/mol. The van der Waals surface area contributed by atoms with Crippen LogP contribution in [0.5, 0.6) is 0 Å². The highest BCUT2D eigenvalue weighted by molar-refractivity contribution is 8.01. The lowest BCUT2D eigenvalue weighted by atomic mass is 10.1. The van der Waals surface area contributed by atoms with Crippen molar-refractivity contribution < 1.29 is 9.32 Å². The molecule has 0 unspecified atom stereocenters. The van der Waals surface area contributed by atoms with E-state index in [0.717, 1.165) is 22.1 Å². The van der Waals surface area contributed by atoms with Crippen LogP contribution in [0.1, 0.15) is 23.8 Å². The molecule has 0 atom stereocenters. The standard InChI is InChI=1S/C15H14N4O2S2/c1-2-8-22-15-18-17-14(23-15)16-13(20)11-9-12(21-19-11)10-6-4-3-5-7-10/h3-7,9H,2,8H2,1H3,(H,16,17,20). The summed E-state index contributed by atoms with van der Waals surface area (Å²) in [5.41, 5.74) is 1.08. The van der Waals surface area contributed by atoms with Gasteiger partial charge in [0.15, 0.2) is 15.8 Å². The maximum Gasteiger partial charge on any atom is 0.279 e. The van der Waals surface area contributed by atoms with Gasteiger partial charge in [0, 0.05) is 17.4 Å². The Balaban J connectivity index is 1.67. The topological polar surface area (TPSA) is 80.9 Å². The zero-order valence-electron chi connectivity index (χ0n) is 12.4. The van der Waals surface area contributed by atoms with Gasteiger partial charge in [-0.3, -0.25) is 10.1 Å². The Labute approximate surface area is 141 Å². The van der Waals surface area contributed by atoms with Gasteiger partial charge in [-0.05, 0) is 6.42 Å². The maximum atomic E-state index is 12.2. The molecule has 0 saturated heterocycles. The van der Waals surface area contributed by atoms with Gasteiger partial charge in [0.2, 0.25) is 5.13 Å². The Hall–Kier alpha value is -2.19. The molecule has 0 radical (unpaired) electrons. The number of thioether (sulfide) groups is 1. The molecule has 0 fully saturated rings. The number of carbonyl (C=O) groups is 1. The van der Waals surface area contributed by atoms with E-state index in [-0.39, 0.29) is 11.6 Å². The van der Waals surface area contributed by atoms with Gasteiger partial charge in [-0.15, -0.1) is 10.2 Å². The minimum absolute atomic E-state index is 0.210. The molecule has 1 N–H and O–H groups in total. The van der Waals surface area contributed by atoms with Gasteiger partial charge in [-0.1, -0.05) is 65.5 Å². The highest BCUT2D eigenvalue weighted by Gasteiger charge is 2.15. The molecule has 23 heavy (non-hydrogen) atoms. The molecule has 0 aliphatic carbocycles. The number of anilines is 1. The second kappa shape index (κ2) is 7.38. The first-order valence-corrected chi connectivity index (χ1v) is 8.86. The second-order valence-corrected chi connectivity index (χ2v) is 6.94. The molecule has 8 heteroatoms. The van der Waals surface area contributed by atoms with E-state index in [4.69, 9.17) is 4.52 Å². The summed E-state index contributed by atoms with van der Waals surface area (Å²) in [6.45, 7) is 2.10. The van der Waals surface area contributed by atoms with Crippen LogP contribution in [0.3, 0.4) is 0 Å². The highest BCUT2D eigenvalue weighted by atomic mass is 32.2. The van der Waals surface area contributed by atoms with Crippen LogP contribution in [-0.2, 0) is 0 Å². The van der Waals surface area contributed by atoms with Crippen LogP contribution in [0.25, 0.3) is 11.3 Å². The molecule has 0 bridgehead atoms. The number of aromatic nitrogens is 3. The molecule has 1 amide bonds. The first-order chi connectivity index (χ1) is 11.3. The summed E-state index contributed by atoms with van der Waals surface area (Å²) in [5, 5.41) is 14.9. The molecule has 0 aliphatic heterocycles. The van der Waals surface area contributed by atoms with Crippen LogP contribution < -0.4 is 5.32 Å². The molecule has 1 aromatic carbocycles. The van der Waals surface area contributed by atoms with Gasteiger partial charge >= 0.3 is 0 Å². The Bertz CT molecular complexity index is 786. The Kier molecular flexibility index (Phi) is 5.04. The van der Waals surface area contributed by atoms with E-state index >= 15 is 0 Å². The molecule has 6 nitrogen and oxygen atoms in total. The average Bonchev–Trinajstić information content (AvgIpc) is 3.23. The lowest BCUT2D eigenvalue weighted by Gasteiger charge is -1.95. The number of amides is 1. The third kappa shape index (κ3) is 3.96. The number of carbonyl (C=O) groups excluding carboxylic acids is 1. The van der Waals surface area contributed by atoms with E-state index in [0.29, 0.717) is 10.9 Å². The Morgan fingerprint density at radius 2 is 2.13 bits per heavy atom. The van der Waals surface area contributed by atoms with Gasteiger partial charge in [-0.2, -0.15) is 0 Å². The van der Waals surface area contributed by atoms with Gasteiger partial charge < -0.3 is 4.52 Å². The maximum absolute atomic E-state index is 12.2. The monoisotopic (exact) mass is 346 g/mol. The van der Waals surface area contributed by atoms with Crippen LogP contribution in [0.15, 0.2) is 45.3 Å². The van der Waals surface area contributed by atoms with E-state index in [1.807, 2.05) is 30.3 Å². The van der Waals surface area contributed by atoms with Crippen LogP contribution in [-0.4, -0.2) is 27.0 Å². The van der Waals surface area contributed by atoms with Crippen molar-refractivity contribution in [2.75, 3.05) is 11.1 Å². The third-order valence-electron chi connectivity index (χ3n) is 2.86. The quantitative estimate of drug-likeness (QED) is 0.538. The van der Waals surface area contributed by atoms with Crippen molar-refractivity contribution in [2.24, 2.45) is 0 Å². The smallest absolute Gasteiger partial charge is 0.279 e. The van der Waals surface area contributed by atoms with E-state index in [1.165, 1.54) is 11.3 Å². The van der Waals surface area contributed by atoms with Crippen molar-refractivity contribution >= 4 is 34.1 Å². The average molecular weight is 346 g/mol. The molecule has 3 aromatic rings. The second-order valence-electron chi connectivity index (χ2n) is 4.62. The fourth-order valence-electron chi connectivity index (χ4n) is 1.79. The summed E-state index contributed by atoms with van der Waals surface area (Å²) < 4.78 is 6.06. The van der Waals surface area contributed by atoms with Crippen LogP contribution in [0, 0.1) is 0 Å². The van der Waals surface area contributed by atoms with E-state index in [2.05, 4.69) is 27.6 Å². The predicted molar refractivity (Wildman–Crippen MR) is 90.8 cm³/mol. The van der Waals surface area contributed by atoms with Crippen molar-refractivity contribution in [3.8, 4) is 11.3 Å². The summed E-state index contributed by atoms with van der Waals surface area (Å²) in [6.07, 6.45) is 1.06. The van der Waals surface area contributed by atoms with Gasteiger partial charge in [0.05, 0.1) is 0 Å². The molecular formula is C15H14N4O2S2. The Morgan fingerprint density at radius 1 is 1.30 bits per heavy atom. The number of hydrogen-bond acceptors (Lipinski definition) is 7. The zero-order valence-corrected chi connectivity index (χ0v) is 14.0. The van der Waals surface area contributed by atoms with Crippen LogP contribution >= 0.6 is 23.1 Å². The lowest BCUT2D eigenvalue weighted by molar-refractivity contribution is 0.101. The number of rotatable bonds is 6. The fourth-order valence-corrected chi connectivity index (χ4v) is 3.46. The van der Waals surface area contributed by atoms with Crippen molar-refractivity contribution in [3.63, 3.8) is 0 Å². The number of nitrogens with zero attached hydrogens (tertiary/aromatic N) is 3. The van der Waals surface area contributed by atoms with Gasteiger partial charge in [0.25, 0.3) is 5.91 Å². The van der Waals surface area contributed by atoms with E-state index < -0.39 is 0 Å². The fraction of sp³-hybridized carbons (Fsp3) is 0.200. The van der Waals surface area contributed by atoms with Crippen molar-refractivity contribution in [3.05, 3.63) is 42.1 Å². The summed E-state index contributed by atoms with van der Waals surface area (Å²) in [7, 11) is 0. The highest BCUT2D eigenvalue weighted by Crippen LogP contribution is 2.26. The van der Waals surface area contributed by atoms with Crippen molar-refractivity contribution in [1.29, 1.82) is 0 Å². The minimum atomic E-state index is -0.362. The third-order valence-corrected chi connectivity index (χ3v) is 5.04. The lowest BCUT2D eigenvalue weighted by Crippen LogP contribution is -2.11. The summed E-state index contributed by atoms with van der Waals surface area (Å²) in [4.78, 5) is 12.2. The molecule has 0 spiro atoms. The first-order valence-electron chi connectivity index (χ1n) is 7.06. The van der Waals surface area contributed by atoms with Crippen LogP contribution in [0.4, 0.5) is 5.13 Å². The number of hydrogen-bond donors (Lipinski definition) is 1. The Morgan fingerprint density at radius 3 is 2.91 bits per heavy atom. The summed E-state index contributed by atoms with van der Waals surface area (Å²) >= 11 is 2.97. The summed E-state index contributed by atoms with van der Waals surface area (Å²) in [6, 6.07) is 11.1. The van der Waals surface area contributed by atoms with Crippen molar-refractivity contribution in [1.82, 2.24) is 15.4 Å². The van der Waals surface area contributed by atoms with Gasteiger partial charge in [-0.25, -0.2) is 0 Å². The first kappa shape index (κ1) is 15.7. The van der Waals surface area contributed by atoms with Gasteiger partial charge in [0.1, 0.15) is 0 Å². The molecule has 118 valence electrons. The largest absolute Gasteiger partial charge is 0.355 e. The molecule has 2 heterocycles. The SMILES string of the molecule is CCCSc1nnc(NC(=O)c2cc(-c3ccccc3)on2)s1. The molecule has 3 rings (SSSR count). The molecule has 0 aliphatic rings. The van der Waals surface area contributed by atoms with Crippen molar-refractivity contribution in [2.45, 2.75) is 17.7 Å².